The zero-order valence-corrected chi connectivity index (χ0v) is 14.1. The maximum atomic E-state index is 12.3. The van der Waals surface area contributed by atoms with Crippen LogP contribution in [0.25, 0.3) is 6.08 Å². The van der Waals surface area contributed by atoms with Crippen molar-refractivity contribution in [3.8, 4) is 0 Å². The van der Waals surface area contributed by atoms with Crippen LogP contribution in [0.2, 0.25) is 0 Å². The number of aromatic nitrogens is 1. The third-order valence-corrected chi connectivity index (χ3v) is 3.95. The maximum absolute atomic E-state index is 12.3. The van der Waals surface area contributed by atoms with Gasteiger partial charge < -0.3 is 21.1 Å². The quantitative estimate of drug-likeness (QED) is 0.611. The van der Waals surface area contributed by atoms with Crippen molar-refractivity contribution >= 4 is 29.5 Å². The van der Waals surface area contributed by atoms with Gasteiger partial charge in [0.25, 0.3) is 5.91 Å². The second kappa shape index (κ2) is 8.15. The van der Waals surface area contributed by atoms with E-state index in [2.05, 4.69) is 20.9 Å². The van der Waals surface area contributed by atoms with Gasteiger partial charge in [0.1, 0.15) is 5.82 Å². The van der Waals surface area contributed by atoms with Gasteiger partial charge in [0, 0.05) is 24.8 Å². The van der Waals surface area contributed by atoms with Crippen molar-refractivity contribution in [1.82, 2.24) is 10.3 Å². The van der Waals surface area contributed by atoms with Gasteiger partial charge in [-0.1, -0.05) is 24.3 Å². The number of nitrogens with one attached hydrogen (secondary N) is 3. The Kier molecular flexibility index (Phi) is 5.48. The molecule has 7 heteroatoms. The molecule has 0 spiro atoms. The van der Waals surface area contributed by atoms with Gasteiger partial charge in [-0.15, -0.1) is 0 Å². The minimum Gasteiger partial charge on any atom is -0.481 e. The second-order valence-electron chi connectivity index (χ2n) is 5.91. The van der Waals surface area contributed by atoms with Crippen LogP contribution >= 0.6 is 0 Å². The minimum atomic E-state index is -0.883. The number of carbonyl (C=O) groups excluding carboxylic acids is 1. The number of anilines is 2. The van der Waals surface area contributed by atoms with Crippen LogP contribution in [0.15, 0.2) is 48.7 Å². The van der Waals surface area contributed by atoms with E-state index >= 15 is 0 Å². The van der Waals surface area contributed by atoms with Gasteiger partial charge in [-0.2, -0.15) is 0 Å². The molecule has 0 saturated carbocycles. The number of aliphatic carboxylic acids is 1. The van der Waals surface area contributed by atoms with Gasteiger partial charge in [-0.05, 0) is 36.2 Å². The minimum absolute atomic E-state index is 0.00261. The lowest BCUT2D eigenvalue weighted by Crippen LogP contribution is -2.45. The van der Waals surface area contributed by atoms with E-state index in [9.17, 15) is 9.59 Å². The molecule has 1 aliphatic heterocycles. The van der Waals surface area contributed by atoms with E-state index in [1.54, 1.807) is 6.20 Å². The number of pyridine rings is 1. The molecular formula is C19H20N4O3. The first-order valence-corrected chi connectivity index (χ1v) is 8.36. The lowest BCUT2D eigenvalue weighted by molar-refractivity contribution is -0.137. The third-order valence-electron chi connectivity index (χ3n) is 3.95. The summed E-state index contributed by atoms with van der Waals surface area (Å²) >= 11 is 0. The van der Waals surface area contributed by atoms with E-state index in [-0.39, 0.29) is 18.5 Å². The summed E-state index contributed by atoms with van der Waals surface area (Å²) in [6.07, 6.45) is 5.58. The summed E-state index contributed by atoms with van der Waals surface area (Å²) in [7, 11) is 0. The van der Waals surface area contributed by atoms with Gasteiger partial charge in [0.15, 0.2) is 0 Å². The molecule has 1 atom stereocenters. The number of hydrogen-bond donors (Lipinski definition) is 4. The highest BCUT2D eigenvalue weighted by Crippen LogP contribution is 2.23. The zero-order chi connectivity index (χ0) is 18.4. The first kappa shape index (κ1) is 17.5. The fourth-order valence-corrected chi connectivity index (χ4v) is 2.68. The molecule has 1 aromatic carbocycles. The molecular weight excluding hydrogens is 332 g/mol. The molecule has 0 fully saturated rings. The van der Waals surface area contributed by atoms with E-state index in [0.29, 0.717) is 24.2 Å². The average molecular weight is 352 g/mol. The fraction of sp³-hybridized carbons (Fsp3) is 0.211. The Morgan fingerprint density at radius 3 is 2.92 bits per heavy atom. The summed E-state index contributed by atoms with van der Waals surface area (Å²) in [5, 5.41) is 17.9. The van der Waals surface area contributed by atoms with Gasteiger partial charge in [-0.25, -0.2) is 4.98 Å². The third kappa shape index (κ3) is 4.60. The monoisotopic (exact) mass is 352 g/mol. The Morgan fingerprint density at radius 1 is 1.27 bits per heavy atom. The molecule has 3 rings (SSSR count). The van der Waals surface area contributed by atoms with Crippen LogP contribution < -0.4 is 16.0 Å². The second-order valence-corrected chi connectivity index (χ2v) is 5.91. The average Bonchev–Trinajstić information content (AvgIpc) is 2.65. The lowest BCUT2D eigenvalue weighted by Gasteiger charge is -2.27. The number of hydrogen-bond acceptors (Lipinski definition) is 5. The summed E-state index contributed by atoms with van der Waals surface area (Å²) in [5.74, 6) is -0.277. The zero-order valence-electron chi connectivity index (χ0n) is 14.1. The highest BCUT2D eigenvalue weighted by atomic mass is 16.4. The molecule has 2 heterocycles. The molecule has 1 aliphatic rings. The van der Waals surface area contributed by atoms with Gasteiger partial charge in [0.05, 0.1) is 11.7 Å². The van der Waals surface area contributed by atoms with Crippen molar-refractivity contribution in [2.75, 3.05) is 17.2 Å². The largest absolute Gasteiger partial charge is 0.481 e. The lowest BCUT2D eigenvalue weighted by atomic mass is 10.0. The predicted molar refractivity (Wildman–Crippen MR) is 99.9 cm³/mol. The first-order valence-electron chi connectivity index (χ1n) is 8.36. The normalized spacial score (nSPS) is 15.8. The van der Waals surface area contributed by atoms with E-state index < -0.39 is 5.97 Å². The Labute approximate surface area is 151 Å². The van der Waals surface area contributed by atoms with Crippen molar-refractivity contribution in [3.05, 3.63) is 59.8 Å². The van der Waals surface area contributed by atoms with Gasteiger partial charge in [0.2, 0.25) is 0 Å². The SMILES string of the molecule is O=C(O)CCC1NC(=O)c2cc(C=CCNc3ccccn3)ccc2N1. The standard InChI is InChI=1S/C19H20N4O3/c24-18(25)9-8-17-22-15-7-6-13(12-14(15)19(26)23-17)4-3-11-21-16-5-1-2-10-20-16/h1-7,10,12,17,22H,8-9,11H2,(H,20,21)(H,23,26)(H,24,25). The summed E-state index contributed by atoms with van der Waals surface area (Å²) in [5.41, 5.74) is 2.18. The van der Waals surface area contributed by atoms with Crippen LogP contribution in [0.5, 0.6) is 0 Å². The molecule has 0 radical (unpaired) electrons. The molecule has 26 heavy (non-hydrogen) atoms. The maximum Gasteiger partial charge on any atom is 0.303 e. The van der Waals surface area contributed by atoms with Crippen molar-refractivity contribution in [1.29, 1.82) is 0 Å². The first-order chi connectivity index (χ1) is 12.6. The van der Waals surface area contributed by atoms with E-state index in [0.717, 1.165) is 11.4 Å². The number of amides is 1. The molecule has 0 aliphatic carbocycles. The Morgan fingerprint density at radius 2 is 2.15 bits per heavy atom. The van der Waals surface area contributed by atoms with E-state index in [4.69, 9.17) is 5.11 Å². The molecule has 7 nitrogen and oxygen atoms in total. The van der Waals surface area contributed by atoms with Crippen LogP contribution in [-0.4, -0.2) is 34.7 Å². The smallest absolute Gasteiger partial charge is 0.303 e. The van der Waals surface area contributed by atoms with Crippen LogP contribution in [0.4, 0.5) is 11.5 Å². The number of carboxylic acids is 1. The Bertz CT molecular complexity index is 821. The van der Waals surface area contributed by atoms with Crippen LogP contribution in [0.1, 0.15) is 28.8 Å². The fourth-order valence-electron chi connectivity index (χ4n) is 2.68. The van der Waals surface area contributed by atoms with Crippen molar-refractivity contribution < 1.29 is 14.7 Å². The van der Waals surface area contributed by atoms with Crippen molar-refractivity contribution in [3.63, 3.8) is 0 Å². The molecule has 1 amide bonds. The Balaban J connectivity index is 1.60. The summed E-state index contributed by atoms with van der Waals surface area (Å²) < 4.78 is 0. The molecule has 2 aromatic rings. The van der Waals surface area contributed by atoms with E-state index in [1.165, 1.54) is 0 Å². The summed E-state index contributed by atoms with van der Waals surface area (Å²) in [6, 6.07) is 11.2. The van der Waals surface area contributed by atoms with Crippen LogP contribution in [0, 0.1) is 0 Å². The highest BCUT2D eigenvalue weighted by molar-refractivity contribution is 6.02. The van der Waals surface area contributed by atoms with Crippen molar-refractivity contribution in [2.24, 2.45) is 0 Å². The number of nitrogens with zero attached hydrogens (tertiary/aromatic N) is 1. The van der Waals surface area contributed by atoms with Gasteiger partial charge in [-0.3, -0.25) is 9.59 Å². The Hall–Kier alpha value is -3.35. The molecule has 0 saturated heterocycles. The molecule has 1 aromatic heterocycles. The number of fused-ring (bicyclic) bond motifs is 1. The molecule has 134 valence electrons. The summed E-state index contributed by atoms with van der Waals surface area (Å²) in [4.78, 5) is 27.1. The molecule has 4 N–H and O–H groups in total. The predicted octanol–water partition coefficient (Wildman–Crippen LogP) is 2.55. The van der Waals surface area contributed by atoms with E-state index in [1.807, 2.05) is 48.6 Å². The topological polar surface area (TPSA) is 103 Å². The highest BCUT2D eigenvalue weighted by Gasteiger charge is 2.23. The van der Waals surface area contributed by atoms with Crippen LogP contribution in [0.3, 0.4) is 0 Å². The van der Waals surface area contributed by atoms with Crippen LogP contribution in [-0.2, 0) is 4.79 Å². The summed E-state index contributed by atoms with van der Waals surface area (Å²) in [6.45, 7) is 0.621. The number of carboxylic acid groups (broad SMARTS) is 1. The molecule has 1 unspecified atom stereocenters. The van der Waals surface area contributed by atoms with Gasteiger partial charge >= 0.3 is 5.97 Å². The molecule has 0 bridgehead atoms. The number of rotatable bonds is 7. The van der Waals surface area contributed by atoms with Crippen molar-refractivity contribution in [2.45, 2.75) is 19.0 Å². The number of carbonyl (C=O) groups is 2. The number of benzene rings is 1.